The molecule has 23 heavy (non-hydrogen) atoms. The Hall–Kier alpha value is -0.910. The van der Waals surface area contributed by atoms with E-state index < -0.39 is 18.7 Å². The SMILES string of the molecule is CC(=CC(=O)OCC(O)CO)CCCC(C)CCCC(C)C.O. The van der Waals surface area contributed by atoms with Crippen LogP contribution in [-0.2, 0) is 9.53 Å². The van der Waals surface area contributed by atoms with E-state index in [0.29, 0.717) is 0 Å². The van der Waals surface area contributed by atoms with Gasteiger partial charge < -0.3 is 20.4 Å². The maximum absolute atomic E-state index is 11.5. The molecule has 0 rings (SSSR count). The molecule has 0 aromatic heterocycles. The highest BCUT2D eigenvalue weighted by Crippen LogP contribution is 2.19. The fraction of sp³-hybridized carbons (Fsp3) is 0.833. The van der Waals surface area contributed by atoms with Crippen molar-refractivity contribution in [3.8, 4) is 0 Å². The summed E-state index contributed by atoms with van der Waals surface area (Å²) in [6, 6.07) is 0. The van der Waals surface area contributed by atoms with E-state index >= 15 is 0 Å². The Labute approximate surface area is 141 Å². The first-order valence-electron chi connectivity index (χ1n) is 8.48. The molecule has 0 bridgehead atoms. The minimum atomic E-state index is -0.996. The van der Waals surface area contributed by atoms with E-state index in [4.69, 9.17) is 14.9 Å². The van der Waals surface area contributed by atoms with Crippen molar-refractivity contribution in [1.29, 1.82) is 0 Å². The molecular formula is C18H36O5. The van der Waals surface area contributed by atoms with Crippen LogP contribution in [0.1, 0.15) is 66.2 Å². The Morgan fingerprint density at radius 1 is 1.13 bits per heavy atom. The maximum atomic E-state index is 11.5. The molecule has 0 saturated carbocycles. The van der Waals surface area contributed by atoms with Gasteiger partial charge in [-0.25, -0.2) is 4.79 Å². The fourth-order valence-electron chi connectivity index (χ4n) is 2.29. The van der Waals surface area contributed by atoms with E-state index in [2.05, 4.69) is 20.8 Å². The van der Waals surface area contributed by atoms with E-state index in [9.17, 15) is 4.79 Å². The van der Waals surface area contributed by atoms with Crippen molar-refractivity contribution in [1.82, 2.24) is 0 Å². The number of allylic oxidation sites excluding steroid dienone is 1. The zero-order valence-electron chi connectivity index (χ0n) is 15.2. The normalized spacial score (nSPS) is 14.3. The van der Waals surface area contributed by atoms with Crippen LogP contribution >= 0.6 is 0 Å². The number of aliphatic hydroxyl groups excluding tert-OH is 2. The smallest absolute Gasteiger partial charge is 0.330 e. The van der Waals surface area contributed by atoms with Gasteiger partial charge in [-0.1, -0.05) is 52.0 Å². The van der Waals surface area contributed by atoms with Crippen molar-refractivity contribution in [2.24, 2.45) is 11.8 Å². The van der Waals surface area contributed by atoms with Gasteiger partial charge in [0.1, 0.15) is 12.7 Å². The first-order valence-corrected chi connectivity index (χ1v) is 8.48. The first kappa shape index (κ1) is 24.3. The third-order valence-corrected chi connectivity index (χ3v) is 3.74. The average Bonchev–Trinajstić information content (AvgIpc) is 2.44. The van der Waals surface area contributed by atoms with Crippen LogP contribution in [0, 0.1) is 11.8 Å². The molecule has 5 nitrogen and oxygen atoms in total. The van der Waals surface area contributed by atoms with E-state index in [1.54, 1.807) is 0 Å². The number of rotatable bonds is 12. The number of hydrogen-bond donors (Lipinski definition) is 2. The molecule has 4 N–H and O–H groups in total. The van der Waals surface area contributed by atoms with Crippen molar-refractivity contribution in [3.63, 3.8) is 0 Å². The zero-order chi connectivity index (χ0) is 17.0. The number of aliphatic hydroxyl groups is 2. The summed E-state index contributed by atoms with van der Waals surface area (Å²) in [4.78, 5) is 11.5. The highest BCUT2D eigenvalue weighted by Gasteiger charge is 2.07. The van der Waals surface area contributed by atoms with Crippen molar-refractivity contribution in [2.45, 2.75) is 72.3 Å². The lowest BCUT2D eigenvalue weighted by atomic mass is 9.94. The molecule has 2 unspecified atom stereocenters. The minimum absolute atomic E-state index is 0. The Balaban J connectivity index is 0. The standard InChI is InChI=1S/C18H34O4.H2O/c1-14(2)7-5-8-15(3)9-6-10-16(4)11-18(21)22-13-17(20)12-19;/h11,14-15,17,19-20H,5-10,12-13H2,1-4H3;1H2. The Kier molecular flexibility index (Phi) is 15.5. The highest BCUT2D eigenvalue weighted by molar-refractivity contribution is 5.82. The second-order valence-electron chi connectivity index (χ2n) is 6.78. The van der Waals surface area contributed by atoms with E-state index in [0.717, 1.165) is 30.3 Å². The predicted molar refractivity (Wildman–Crippen MR) is 93.1 cm³/mol. The summed E-state index contributed by atoms with van der Waals surface area (Å²) in [7, 11) is 0. The number of esters is 1. The molecule has 0 spiro atoms. The summed E-state index contributed by atoms with van der Waals surface area (Å²) in [5, 5.41) is 17.7. The van der Waals surface area contributed by atoms with Gasteiger partial charge in [-0.3, -0.25) is 0 Å². The molecule has 0 aliphatic carbocycles. The van der Waals surface area contributed by atoms with Crippen LogP contribution in [0.4, 0.5) is 0 Å². The summed E-state index contributed by atoms with van der Waals surface area (Å²) >= 11 is 0. The molecule has 0 aromatic carbocycles. The summed E-state index contributed by atoms with van der Waals surface area (Å²) in [6.45, 7) is 8.18. The summed E-state index contributed by atoms with van der Waals surface area (Å²) in [6.07, 6.45) is 7.52. The van der Waals surface area contributed by atoms with Gasteiger partial charge in [0.2, 0.25) is 0 Å². The minimum Gasteiger partial charge on any atom is -0.460 e. The third-order valence-electron chi connectivity index (χ3n) is 3.74. The molecule has 0 aliphatic rings. The number of ether oxygens (including phenoxy) is 1. The van der Waals surface area contributed by atoms with Gasteiger partial charge in [0.15, 0.2) is 0 Å². The van der Waals surface area contributed by atoms with Gasteiger partial charge in [-0.05, 0) is 31.6 Å². The average molecular weight is 332 g/mol. The van der Waals surface area contributed by atoms with Gasteiger partial charge in [0.25, 0.3) is 0 Å². The van der Waals surface area contributed by atoms with Crippen LogP contribution in [0.25, 0.3) is 0 Å². The van der Waals surface area contributed by atoms with E-state index in [1.165, 1.54) is 31.8 Å². The summed E-state index contributed by atoms with van der Waals surface area (Å²) in [5.74, 6) is 1.07. The first-order chi connectivity index (χ1) is 10.3. The topological polar surface area (TPSA) is 98.3 Å². The number of hydrogen-bond acceptors (Lipinski definition) is 4. The summed E-state index contributed by atoms with van der Waals surface area (Å²) in [5.41, 5.74) is 0.998. The van der Waals surface area contributed by atoms with Gasteiger partial charge in [0.05, 0.1) is 6.61 Å². The third kappa shape index (κ3) is 15.8. The predicted octanol–water partition coefficient (Wildman–Crippen LogP) is 2.64. The van der Waals surface area contributed by atoms with E-state index in [1.807, 2.05) is 6.92 Å². The largest absolute Gasteiger partial charge is 0.460 e. The Bertz CT molecular complexity index is 325. The van der Waals surface area contributed by atoms with Crippen molar-refractivity contribution in [3.05, 3.63) is 11.6 Å². The van der Waals surface area contributed by atoms with Crippen LogP contribution in [-0.4, -0.2) is 41.0 Å². The molecule has 5 heteroatoms. The highest BCUT2D eigenvalue weighted by atomic mass is 16.5. The number of carbonyl (C=O) groups is 1. The fourth-order valence-corrected chi connectivity index (χ4v) is 2.29. The second-order valence-corrected chi connectivity index (χ2v) is 6.78. The van der Waals surface area contributed by atoms with Gasteiger partial charge >= 0.3 is 5.97 Å². The van der Waals surface area contributed by atoms with Crippen LogP contribution in [0.15, 0.2) is 11.6 Å². The van der Waals surface area contributed by atoms with Crippen LogP contribution in [0.3, 0.4) is 0 Å². The molecule has 0 fully saturated rings. The van der Waals surface area contributed by atoms with Gasteiger partial charge in [0, 0.05) is 6.08 Å². The quantitative estimate of drug-likeness (QED) is 0.424. The van der Waals surface area contributed by atoms with Crippen LogP contribution in [0.2, 0.25) is 0 Å². The lowest BCUT2D eigenvalue weighted by Crippen LogP contribution is -2.21. The number of carbonyl (C=O) groups excluding carboxylic acids is 1. The lowest BCUT2D eigenvalue weighted by molar-refractivity contribution is -0.141. The monoisotopic (exact) mass is 332 g/mol. The summed E-state index contributed by atoms with van der Waals surface area (Å²) < 4.78 is 4.84. The second kappa shape index (κ2) is 14.7. The lowest BCUT2D eigenvalue weighted by Gasteiger charge is -2.12. The molecule has 0 saturated heterocycles. The Morgan fingerprint density at radius 3 is 2.30 bits per heavy atom. The Morgan fingerprint density at radius 2 is 1.74 bits per heavy atom. The molecule has 0 aromatic rings. The van der Waals surface area contributed by atoms with Crippen molar-refractivity contribution in [2.75, 3.05) is 13.2 Å². The van der Waals surface area contributed by atoms with E-state index in [-0.39, 0.29) is 12.1 Å². The molecule has 0 aliphatic heterocycles. The molecule has 0 radical (unpaired) electrons. The van der Waals surface area contributed by atoms with Crippen molar-refractivity contribution >= 4 is 5.97 Å². The molecule has 138 valence electrons. The molecule has 0 heterocycles. The van der Waals surface area contributed by atoms with Gasteiger partial charge in [-0.15, -0.1) is 0 Å². The van der Waals surface area contributed by atoms with Gasteiger partial charge in [-0.2, -0.15) is 0 Å². The van der Waals surface area contributed by atoms with Crippen LogP contribution < -0.4 is 0 Å². The molecule has 2 atom stereocenters. The molecule has 0 amide bonds. The maximum Gasteiger partial charge on any atom is 0.330 e. The van der Waals surface area contributed by atoms with Crippen LogP contribution in [0.5, 0.6) is 0 Å². The molecular weight excluding hydrogens is 296 g/mol. The zero-order valence-corrected chi connectivity index (χ0v) is 15.2. The van der Waals surface area contributed by atoms with Crippen molar-refractivity contribution < 1.29 is 25.2 Å².